The van der Waals surface area contributed by atoms with Crippen molar-refractivity contribution in [1.82, 2.24) is 0 Å². The van der Waals surface area contributed by atoms with Gasteiger partial charge in [-0.05, 0) is 23.8 Å². The smallest absolute Gasteiger partial charge is 0.0591 e. The fraction of sp³-hybridized carbons (Fsp3) is 0.667. The van der Waals surface area contributed by atoms with Crippen molar-refractivity contribution >= 4 is 11.3 Å². The molecule has 1 aromatic rings. The van der Waals surface area contributed by atoms with Crippen LogP contribution in [0.5, 0.6) is 0 Å². The summed E-state index contributed by atoms with van der Waals surface area (Å²) < 4.78 is 0. The van der Waals surface area contributed by atoms with E-state index in [2.05, 4.69) is 25.3 Å². The normalized spacial score (nSPS) is 13.4. The van der Waals surface area contributed by atoms with Crippen LogP contribution in [0.4, 0.5) is 0 Å². The first-order valence-corrected chi connectivity index (χ1v) is 6.34. The molecule has 0 aliphatic carbocycles. The predicted octanol–water partition coefficient (Wildman–Crippen LogP) is 3.48. The Morgan fingerprint density at radius 2 is 2.07 bits per heavy atom. The third kappa shape index (κ3) is 3.81. The number of thiophene rings is 1. The SMILES string of the molecule is CCC(CC)CC(O)Cc1cccs1. The highest BCUT2D eigenvalue weighted by molar-refractivity contribution is 7.09. The van der Waals surface area contributed by atoms with E-state index in [1.165, 1.54) is 17.7 Å². The topological polar surface area (TPSA) is 20.2 Å². The quantitative estimate of drug-likeness (QED) is 0.765. The molecule has 1 unspecified atom stereocenters. The summed E-state index contributed by atoms with van der Waals surface area (Å²) in [5.74, 6) is 0.685. The first-order chi connectivity index (χ1) is 6.76. The summed E-state index contributed by atoms with van der Waals surface area (Å²) in [6.45, 7) is 4.40. The molecule has 14 heavy (non-hydrogen) atoms. The number of aliphatic hydroxyl groups is 1. The molecule has 0 aromatic carbocycles. The molecule has 1 N–H and O–H groups in total. The van der Waals surface area contributed by atoms with Crippen molar-refractivity contribution in [2.75, 3.05) is 0 Å². The van der Waals surface area contributed by atoms with E-state index in [9.17, 15) is 5.11 Å². The maximum absolute atomic E-state index is 9.86. The molecular weight excluding hydrogens is 192 g/mol. The minimum atomic E-state index is -0.154. The minimum Gasteiger partial charge on any atom is -0.393 e. The Labute approximate surface area is 90.8 Å². The highest BCUT2D eigenvalue weighted by Crippen LogP contribution is 2.19. The van der Waals surface area contributed by atoms with Gasteiger partial charge in [0.1, 0.15) is 0 Å². The van der Waals surface area contributed by atoms with Crippen LogP contribution in [0.2, 0.25) is 0 Å². The van der Waals surface area contributed by atoms with E-state index >= 15 is 0 Å². The van der Waals surface area contributed by atoms with Gasteiger partial charge in [-0.2, -0.15) is 0 Å². The first kappa shape index (κ1) is 11.7. The first-order valence-electron chi connectivity index (χ1n) is 5.46. The van der Waals surface area contributed by atoms with Gasteiger partial charge in [-0.15, -0.1) is 11.3 Å². The van der Waals surface area contributed by atoms with Gasteiger partial charge in [0.05, 0.1) is 6.10 Å². The van der Waals surface area contributed by atoms with E-state index in [0.717, 1.165) is 12.8 Å². The van der Waals surface area contributed by atoms with Crippen molar-refractivity contribution in [2.45, 2.75) is 45.6 Å². The van der Waals surface area contributed by atoms with Crippen LogP contribution in [0.25, 0.3) is 0 Å². The monoisotopic (exact) mass is 212 g/mol. The van der Waals surface area contributed by atoms with E-state index in [1.54, 1.807) is 11.3 Å². The molecule has 1 aromatic heterocycles. The van der Waals surface area contributed by atoms with Crippen molar-refractivity contribution < 1.29 is 5.11 Å². The molecule has 0 radical (unpaired) electrons. The Kier molecular flexibility index (Phi) is 5.20. The Hall–Kier alpha value is -0.340. The molecule has 0 saturated carbocycles. The van der Waals surface area contributed by atoms with Gasteiger partial charge in [-0.1, -0.05) is 32.8 Å². The van der Waals surface area contributed by atoms with E-state index in [-0.39, 0.29) is 6.10 Å². The molecule has 2 heteroatoms. The number of aliphatic hydroxyl groups excluding tert-OH is 1. The number of rotatable bonds is 6. The molecule has 0 saturated heterocycles. The molecule has 0 fully saturated rings. The molecule has 0 bridgehead atoms. The second-order valence-electron chi connectivity index (χ2n) is 3.86. The van der Waals surface area contributed by atoms with Gasteiger partial charge < -0.3 is 5.11 Å². The molecule has 80 valence electrons. The lowest BCUT2D eigenvalue weighted by Gasteiger charge is -2.16. The third-order valence-corrected chi connectivity index (χ3v) is 3.68. The second kappa shape index (κ2) is 6.20. The summed E-state index contributed by atoms with van der Waals surface area (Å²) >= 11 is 1.73. The van der Waals surface area contributed by atoms with Crippen molar-refractivity contribution in [3.8, 4) is 0 Å². The van der Waals surface area contributed by atoms with Gasteiger partial charge in [-0.3, -0.25) is 0 Å². The summed E-state index contributed by atoms with van der Waals surface area (Å²) in [6.07, 6.45) is 3.98. The highest BCUT2D eigenvalue weighted by Gasteiger charge is 2.12. The Balaban J connectivity index is 2.31. The summed E-state index contributed by atoms with van der Waals surface area (Å²) in [7, 11) is 0. The number of hydrogen-bond acceptors (Lipinski definition) is 2. The van der Waals surface area contributed by atoms with E-state index < -0.39 is 0 Å². The van der Waals surface area contributed by atoms with Crippen molar-refractivity contribution in [2.24, 2.45) is 5.92 Å². The zero-order chi connectivity index (χ0) is 10.4. The molecule has 1 heterocycles. The molecule has 0 spiro atoms. The van der Waals surface area contributed by atoms with Crippen LogP contribution in [-0.4, -0.2) is 11.2 Å². The summed E-state index contributed by atoms with van der Waals surface area (Å²) in [4.78, 5) is 1.29. The molecule has 0 amide bonds. The maximum atomic E-state index is 9.86. The largest absolute Gasteiger partial charge is 0.393 e. The van der Waals surface area contributed by atoms with Crippen molar-refractivity contribution in [3.63, 3.8) is 0 Å². The average molecular weight is 212 g/mol. The van der Waals surface area contributed by atoms with Gasteiger partial charge in [0.25, 0.3) is 0 Å². The lowest BCUT2D eigenvalue weighted by atomic mass is 9.95. The average Bonchev–Trinajstić information content (AvgIpc) is 2.66. The Morgan fingerprint density at radius 1 is 1.36 bits per heavy atom. The summed E-state index contributed by atoms with van der Waals surface area (Å²) in [5.41, 5.74) is 0. The molecule has 1 atom stereocenters. The van der Waals surface area contributed by atoms with Gasteiger partial charge in [0.2, 0.25) is 0 Å². The lowest BCUT2D eigenvalue weighted by Crippen LogP contribution is -2.14. The maximum Gasteiger partial charge on any atom is 0.0591 e. The Morgan fingerprint density at radius 3 is 2.57 bits per heavy atom. The van der Waals surface area contributed by atoms with Crippen LogP contribution in [-0.2, 0) is 6.42 Å². The van der Waals surface area contributed by atoms with Crippen LogP contribution in [0, 0.1) is 5.92 Å². The van der Waals surface area contributed by atoms with Gasteiger partial charge >= 0.3 is 0 Å². The van der Waals surface area contributed by atoms with Gasteiger partial charge in [-0.25, -0.2) is 0 Å². The molecule has 1 nitrogen and oxygen atoms in total. The molecule has 0 aliphatic heterocycles. The molecule has 1 rings (SSSR count). The third-order valence-electron chi connectivity index (χ3n) is 2.78. The van der Waals surface area contributed by atoms with Crippen LogP contribution in [0.15, 0.2) is 17.5 Å². The fourth-order valence-corrected chi connectivity index (χ4v) is 2.53. The number of hydrogen-bond donors (Lipinski definition) is 1. The Bertz CT molecular complexity index is 226. The molecular formula is C12H20OS. The van der Waals surface area contributed by atoms with Crippen LogP contribution in [0.3, 0.4) is 0 Å². The van der Waals surface area contributed by atoms with Crippen LogP contribution >= 0.6 is 11.3 Å². The van der Waals surface area contributed by atoms with E-state index in [0.29, 0.717) is 5.92 Å². The van der Waals surface area contributed by atoms with Gasteiger partial charge in [0, 0.05) is 11.3 Å². The van der Waals surface area contributed by atoms with Crippen LogP contribution in [0.1, 0.15) is 38.0 Å². The van der Waals surface area contributed by atoms with Crippen LogP contribution < -0.4 is 0 Å². The highest BCUT2D eigenvalue weighted by atomic mass is 32.1. The van der Waals surface area contributed by atoms with Gasteiger partial charge in [0.15, 0.2) is 0 Å². The van der Waals surface area contributed by atoms with E-state index in [4.69, 9.17) is 0 Å². The fourth-order valence-electron chi connectivity index (χ4n) is 1.75. The lowest BCUT2D eigenvalue weighted by molar-refractivity contribution is 0.140. The zero-order valence-electron chi connectivity index (χ0n) is 9.07. The predicted molar refractivity (Wildman–Crippen MR) is 62.7 cm³/mol. The van der Waals surface area contributed by atoms with Crippen molar-refractivity contribution in [1.29, 1.82) is 0 Å². The second-order valence-corrected chi connectivity index (χ2v) is 4.89. The van der Waals surface area contributed by atoms with Crippen molar-refractivity contribution in [3.05, 3.63) is 22.4 Å². The zero-order valence-corrected chi connectivity index (χ0v) is 9.89. The standard InChI is InChI=1S/C12H20OS/c1-3-10(4-2)8-11(13)9-12-6-5-7-14-12/h5-7,10-11,13H,3-4,8-9H2,1-2H3. The summed E-state index contributed by atoms with van der Waals surface area (Å²) in [5, 5.41) is 11.9. The molecule has 0 aliphatic rings. The summed E-state index contributed by atoms with van der Waals surface area (Å²) in [6, 6.07) is 4.14. The van der Waals surface area contributed by atoms with E-state index in [1.807, 2.05) is 6.07 Å². The minimum absolute atomic E-state index is 0.154.